The molecule has 10 heteroatoms. The van der Waals surface area contributed by atoms with Gasteiger partial charge in [0.15, 0.2) is 0 Å². The minimum Gasteiger partial charge on any atom is -0.396 e. The van der Waals surface area contributed by atoms with Gasteiger partial charge in [-0.15, -0.1) is 11.3 Å². The molecule has 238 valence electrons. The normalized spacial score (nSPS) is 16.4. The van der Waals surface area contributed by atoms with Crippen molar-refractivity contribution in [2.24, 2.45) is 5.41 Å². The summed E-state index contributed by atoms with van der Waals surface area (Å²) < 4.78 is 5.77. The van der Waals surface area contributed by atoms with Crippen LogP contribution in [0.3, 0.4) is 0 Å². The predicted octanol–water partition coefficient (Wildman–Crippen LogP) is 3.24. The van der Waals surface area contributed by atoms with E-state index in [1.807, 2.05) is 73.8 Å². The van der Waals surface area contributed by atoms with Crippen LogP contribution in [-0.2, 0) is 32.0 Å². The first-order chi connectivity index (χ1) is 21.1. The molecule has 0 radical (unpaired) electrons. The van der Waals surface area contributed by atoms with Crippen LogP contribution in [0.4, 0.5) is 0 Å². The van der Waals surface area contributed by atoms with Crippen LogP contribution in [0.5, 0.6) is 0 Å². The van der Waals surface area contributed by atoms with Gasteiger partial charge in [-0.2, -0.15) is 0 Å². The third kappa shape index (κ3) is 9.11. The number of hydrogen-bond donors (Lipinski definition) is 3. The first-order valence-corrected chi connectivity index (χ1v) is 16.2. The second kappa shape index (κ2) is 15.6. The number of amides is 3. The van der Waals surface area contributed by atoms with Crippen molar-refractivity contribution in [3.63, 3.8) is 0 Å². The van der Waals surface area contributed by atoms with Crippen LogP contribution >= 0.6 is 11.3 Å². The van der Waals surface area contributed by atoms with E-state index in [0.29, 0.717) is 13.0 Å². The van der Waals surface area contributed by atoms with E-state index in [9.17, 15) is 19.5 Å². The molecule has 1 aliphatic rings. The Labute approximate surface area is 264 Å². The van der Waals surface area contributed by atoms with Crippen molar-refractivity contribution in [3.05, 3.63) is 70.4 Å². The van der Waals surface area contributed by atoms with Gasteiger partial charge >= 0.3 is 0 Å². The molecule has 4 rings (SSSR count). The minimum absolute atomic E-state index is 0.0861. The second-order valence-corrected chi connectivity index (χ2v) is 13.5. The number of nitrogens with zero attached hydrogens (tertiary/aromatic N) is 2. The summed E-state index contributed by atoms with van der Waals surface area (Å²) in [7, 11) is 3.26. The molecule has 9 nitrogen and oxygen atoms in total. The van der Waals surface area contributed by atoms with Crippen molar-refractivity contribution in [2.75, 3.05) is 47.0 Å². The molecule has 3 amide bonds. The summed E-state index contributed by atoms with van der Waals surface area (Å²) in [6.07, 6.45) is 2.73. The number of fused-ring (bicyclic) bond motifs is 1. The molecule has 3 atom stereocenters. The van der Waals surface area contributed by atoms with E-state index in [1.54, 1.807) is 14.1 Å². The molecule has 2 aromatic carbocycles. The molecule has 1 aliphatic heterocycles. The maximum Gasteiger partial charge on any atom is 0.249 e. The summed E-state index contributed by atoms with van der Waals surface area (Å²) in [6.45, 7) is 5.16. The molecule has 1 fully saturated rings. The van der Waals surface area contributed by atoms with Gasteiger partial charge in [-0.3, -0.25) is 14.4 Å². The first-order valence-electron chi connectivity index (χ1n) is 15.3. The molecule has 0 unspecified atom stereocenters. The van der Waals surface area contributed by atoms with Crippen molar-refractivity contribution >= 4 is 39.8 Å². The third-order valence-electron chi connectivity index (χ3n) is 8.36. The fraction of sp³-hybridized carbons (Fsp3) is 0.500. The highest BCUT2D eigenvalue weighted by Gasteiger charge is 2.36. The largest absolute Gasteiger partial charge is 0.396 e. The van der Waals surface area contributed by atoms with Crippen LogP contribution in [0.15, 0.2) is 60.0 Å². The lowest BCUT2D eigenvalue weighted by molar-refractivity contribution is -0.149. The van der Waals surface area contributed by atoms with Crippen LogP contribution in [-0.4, -0.2) is 97.8 Å². The Morgan fingerprint density at radius 3 is 2.50 bits per heavy atom. The maximum atomic E-state index is 14.3. The average Bonchev–Trinajstić information content (AvgIpc) is 3.75. The lowest BCUT2D eigenvalue weighted by atomic mass is 9.94. The molecule has 3 aromatic rings. The Balaban J connectivity index is 1.57. The number of aliphatic hydroxyl groups excluding tert-OH is 1. The zero-order valence-electron chi connectivity index (χ0n) is 26.3. The van der Waals surface area contributed by atoms with Gasteiger partial charge in [-0.1, -0.05) is 62.4 Å². The molecule has 0 aliphatic carbocycles. The van der Waals surface area contributed by atoms with E-state index in [4.69, 9.17) is 4.74 Å². The number of thiophene rings is 1. The fourth-order valence-electron chi connectivity index (χ4n) is 5.36. The minimum atomic E-state index is -0.852. The molecule has 0 saturated carbocycles. The van der Waals surface area contributed by atoms with E-state index in [1.165, 1.54) is 21.1 Å². The number of carbonyl (C=O) groups is 3. The van der Waals surface area contributed by atoms with Crippen LogP contribution < -0.4 is 10.6 Å². The van der Waals surface area contributed by atoms with E-state index in [0.717, 1.165) is 40.6 Å². The SMILES string of the molecule is CN(C(=O)COC[C@@H]1CCCN1)[C@H](Cc1ccc2ccccc2c1)C(=O)N(C)[C@H](Cc1cccs1)C(=O)NCC(C)(C)CO. The standard InChI is InChI=1S/C34H46N4O5S/c1-34(2,23-39)22-36-32(41)29(19-28-12-8-16-44-28)38(4)33(42)30(18-24-13-14-25-9-5-6-10-26(25)17-24)37(3)31(40)21-43-20-27-11-7-15-35-27/h5-6,8-10,12-14,16-17,27,29-30,35,39H,7,11,15,18-23H2,1-4H3,(H,36,41)/t27-,29+,30+/m0/s1. The molecule has 0 bridgehead atoms. The Hall–Kier alpha value is -3.31. The number of benzene rings is 2. The highest BCUT2D eigenvalue weighted by Crippen LogP contribution is 2.21. The monoisotopic (exact) mass is 622 g/mol. The van der Waals surface area contributed by atoms with E-state index in [-0.39, 0.29) is 49.9 Å². The van der Waals surface area contributed by atoms with Crippen molar-refractivity contribution in [3.8, 4) is 0 Å². The molecular weight excluding hydrogens is 576 g/mol. The van der Waals surface area contributed by atoms with Gasteiger partial charge in [0.2, 0.25) is 17.7 Å². The van der Waals surface area contributed by atoms with Gasteiger partial charge < -0.3 is 30.3 Å². The number of ether oxygens (including phenoxy) is 1. The van der Waals surface area contributed by atoms with Crippen molar-refractivity contribution in [1.82, 2.24) is 20.4 Å². The van der Waals surface area contributed by atoms with Crippen molar-refractivity contribution < 1.29 is 24.2 Å². The van der Waals surface area contributed by atoms with E-state index in [2.05, 4.69) is 10.6 Å². The van der Waals surface area contributed by atoms with Crippen LogP contribution in [0.2, 0.25) is 0 Å². The zero-order valence-corrected chi connectivity index (χ0v) is 27.1. The van der Waals surface area contributed by atoms with Gasteiger partial charge in [0.1, 0.15) is 18.7 Å². The molecule has 1 saturated heterocycles. The van der Waals surface area contributed by atoms with Gasteiger partial charge in [-0.05, 0) is 47.2 Å². The topological polar surface area (TPSA) is 111 Å². The predicted molar refractivity (Wildman–Crippen MR) is 175 cm³/mol. The van der Waals surface area contributed by atoms with Crippen LogP contribution in [0.1, 0.15) is 37.1 Å². The molecule has 3 N–H and O–H groups in total. The number of hydrogen-bond acceptors (Lipinski definition) is 7. The summed E-state index contributed by atoms with van der Waals surface area (Å²) in [5, 5.41) is 20.1. The van der Waals surface area contributed by atoms with Gasteiger partial charge in [-0.25, -0.2) is 0 Å². The second-order valence-electron chi connectivity index (χ2n) is 12.5. The number of likely N-dealkylation sites (N-methyl/N-ethyl adjacent to an activating group) is 2. The summed E-state index contributed by atoms with van der Waals surface area (Å²) in [5.74, 6) is -0.925. The Morgan fingerprint density at radius 2 is 1.82 bits per heavy atom. The highest BCUT2D eigenvalue weighted by atomic mass is 32.1. The Bertz CT molecular complexity index is 1390. The molecular formula is C34H46N4O5S. The smallest absolute Gasteiger partial charge is 0.249 e. The number of aliphatic hydroxyl groups is 1. The van der Waals surface area contributed by atoms with Crippen molar-refractivity contribution in [1.29, 1.82) is 0 Å². The van der Waals surface area contributed by atoms with Crippen molar-refractivity contribution in [2.45, 2.75) is 57.7 Å². The summed E-state index contributed by atoms with van der Waals surface area (Å²) in [4.78, 5) is 45.2. The molecule has 44 heavy (non-hydrogen) atoms. The zero-order chi connectivity index (χ0) is 31.7. The Kier molecular flexibility index (Phi) is 11.9. The highest BCUT2D eigenvalue weighted by molar-refractivity contribution is 7.09. The fourth-order valence-corrected chi connectivity index (χ4v) is 6.10. The quantitative estimate of drug-likeness (QED) is 0.240. The van der Waals surface area contributed by atoms with Crippen LogP contribution in [0, 0.1) is 5.41 Å². The Morgan fingerprint density at radius 1 is 1.05 bits per heavy atom. The summed E-state index contributed by atoms with van der Waals surface area (Å²) in [6, 6.07) is 16.5. The van der Waals surface area contributed by atoms with Gasteiger partial charge in [0.05, 0.1) is 6.61 Å². The van der Waals surface area contributed by atoms with Crippen LogP contribution in [0.25, 0.3) is 10.8 Å². The summed E-state index contributed by atoms with van der Waals surface area (Å²) >= 11 is 1.52. The average molecular weight is 623 g/mol. The number of carbonyl (C=O) groups excluding carboxylic acids is 3. The third-order valence-corrected chi connectivity index (χ3v) is 9.26. The molecule has 1 aromatic heterocycles. The van der Waals surface area contributed by atoms with E-state index < -0.39 is 17.5 Å². The lowest BCUT2D eigenvalue weighted by Crippen LogP contribution is -2.57. The maximum absolute atomic E-state index is 14.3. The van der Waals surface area contributed by atoms with E-state index >= 15 is 0 Å². The van der Waals surface area contributed by atoms with Gasteiger partial charge in [0.25, 0.3) is 0 Å². The first kappa shape index (κ1) is 33.6. The molecule has 2 heterocycles. The number of rotatable bonds is 15. The molecule has 0 spiro atoms. The van der Waals surface area contributed by atoms with Gasteiger partial charge in [0, 0.05) is 56.4 Å². The number of nitrogens with one attached hydrogen (secondary N) is 2. The lowest BCUT2D eigenvalue weighted by Gasteiger charge is -2.35. The summed E-state index contributed by atoms with van der Waals surface area (Å²) in [5.41, 5.74) is 0.403.